The Morgan fingerprint density at radius 2 is 2.46 bits per heavy atom. The van der Waals surface area contributed by atoms with Gasteiger partial charge in [0.05, 0.1) is 6.04 Å². The van der Waals surface area contributed by atoms with Crippen LogP contribution in [0.15, 0.2) is 18.3 Å². The maximum absolute atomic E-state index is 13.5. The lowest BCUT2D eigenvalue weighted by Gasteiger charge is -2.29. The van der Waals surface area contributed by atoms with Crippen LogP contribution >= 0.6 is 0 Å². The lowest BCUT2D eigenvalue weighted by Crippen LogP contribution is -2.39. The normalized spacial score (nSPS) is 29.1. The second kappa shape index (κ2) is 3.50. The van der Waals surface area contributed by atoms with Gasteiger partial charge in [-0.3, -0.25) is 0 Å². The Morgan fingerprint density at radius 3 is 3.08 bits per heavy atom. The molecule has 2 atom stereocenters. The molecule has 72 valence electrons. The summed E-state index contributed by atoms with van der Waals surface area (Å²) in [6.45, 7) is 3.43. The van der Waals surface area contributed by atoms with Gasteiger partial charge in [0.1, 0.15) is 6.17 Å². The van der Waals surface area contributed by atoms with Crippen molar-refractivity contribution in [3.8, 4) is 0 Å². The van der Waals surface area contributed by atoms with E-state index in [0.717, 1.165) is 18.7 Å². The van der Waals surface area contributed by atoms with E-state index in [9.17, 15) is 4.39 Å². The minimum Gasteiger partial charge on any atom is -0.346 e. The molecule has 1 aliphatic rings. The molecule has 0 unspecified atom stereocenters. The van der Waals surface area contributed by atoms with E-state index in [2.05, 4.69) is 5.32 Å². The number of piperidine rings is 1. The van der Waals surface area contributed by atoms with E-state index < -0.39 is 6.17 Å². The first kappa shape index (κ1) is 8.75. The van der Waals surface area contributed by atoms with Crippen molar-refractivity contribution in [1.82, 2.24) is 9.88 Å². The molecule has 3 heteroatoms. The Balaban J connectivity index is 2.19. The zero-order valence-corrected chi connectivity index (χ0v) is 7.83. The van der Waals surface area contributed by atoms with Crippen LogP contribution in [0.1, 0.15) is 18.2 Å². The van der Waals surface area contributed by atoms with Gasteiger partial charge in [-0.1, -0.05) is 0 Å². The molecule has 1 aromatic heterocycles. The number of hydrogen-bond acceptors (Lipinski definition) is 1. The van der Waals surface area contributed by atoms with Gasteiger partial charge in [0.15, 0.2) is 0 Å². The Labute approximate surface area is 77.7 Å². The van der Waals surface area contributed by atoms with Crippen molar-refractivity contribution in [3.05, 3.63) is 24.0 Å². The van der Waals surface area contributed by atoms with Crippen molar-refractivity contribution in [2.45, 2.75) is 25.6 Å². The fourth-order valence-electron chi connectivity index (χ4n) is 1.97. The summed E-state index contributed by atoms with van der Waals surface area (Å²) < 4.78 is 15.6. The average molecular weight is 182 g/mol. The van der Waals surface area contributed by atoms with Crippen LogP contribution in [0.25, 0.3) is 0 Å². The molecule has 2 nitrogen and oxygen atoms in total. The van der Waals surface area contributed by atoms with Gasteiger partial charge in [-0.15, -0.1) is 0 Å². The molecule has 1 fully saturated rings. The van der Waals surface area contributed by atoms with Crippen molar-refractivity contribution in [1.29, 1.82) is 0 Å². The minimum atomic E-state index is -0.750. The lowest BCUT2D eigenvalue weighted by atomic mass is 10.0. The highest BCUT2D eigenvalue weighted by molar-refractivity contribution is 5.07. The van der Waals surface area contributed by atoms with Crippen LogP contribution in [-0.2, 0) is 0 Å². The second-order valence-corrected chi connectivity index (χ2v) is 3.63. The molecule has 0 saturated carbocycles. The first-order chi connectivity index (χ1) is 6.29. The molecule has 0 aromatic carbocycles. The van der Waals surface area contributed by atoms with Crippen LogP contribution in [0.2, 0.25) is 0 Å². The minimum absolute atomic E-state index is 0.0382. The summed E-state index contributed by atoms with van der Waals surface area (Å²) in [5.41, 5.74) is 1.15. The van der Waals surface area contributed by atoms with E-state index in [-0.39, 0.29) is 6.04 Å². The molecule has 1 aromatic rings. The number of aromatic nitrogens is 1. The first-order valence-corrected chi connectivity index (χ1v) is 4.77. The van der Waals surface area contributed by atoms with Crippen LogP contribution in [-0.4, -0.2) is 23.8 Å². The van der Waals surface area contributed by atoms with Crippen molar-refractivity contribution in [2.24, 2.45) is 0 Å². The van der Waals surface area contributed by atoms with Crippen LogP contribution < -0.4 is 5.32 Å². The summed E-state index contributed by atoms with van der Waals surface area (Å²) >= 11 is 0. The summed E-state index contributed by atoms with van der Waals surface area (Å²) in [7, 11) is 0. The van der Waals surface area contributed by atoms with E-state index >= 15 is 0 Å². The van der Waals surface area contributed by atoms with Crippen molar-refractivity contribution < 1.29 is 4.39 Å². The number of nitrogens with zero attached hydrogens (tertiary/aromatic N) is 1. The molecule has 2 rings (SSSR count). The van der Waals surface area contributed by atoms with E-state index in [1.807, 2.05) is 29.8 Å². The zero-order chi connectivity index (χ0) is 9.26. The molecular weight excluding hydrogens is 167 g/mol. The van der Waals surface area contributed by atoms with Crippen LogP contribution in [0.5, 0.6) is 0 Å². The number of nitrogens with one attached hydrogen (secondary N) is 1. The molecule has 0 amide bonds. The number of hydrogen-bond donors (Lipinski definition) is 1. The Morgan fingerprint density at radius 1 is 1.62 bits per heavy atom. The van der Waals surface area contributed by atoms with E-state index in [1.165, 1.54) is 0 Å². The largest absolute Gasteiger partial charge is 0.346 e. The van der Waals surface area contributed by atoms with Gasteiger partial charge in [0.25, 0.3) is 0 Å². The van der Waals surface area contributed by atoms with E-state index in [1.54, 1.807) is 0 Å². The van der Waals surface area contributed by atoms with Gasteiger partial charge in [-0.2, -0.15) is 0 Å². The van der Waals surface area contributed by atoms with E-state index in [4.69, 9.17) is 0 Å². The quantitative estimate of drug-likeness (QED) is 0.699. The fraction of sp³-hybridized carbons (Fsp3) is 0.600. The number of aryl methyl sites for hydroxylation is 1. The second-order valence-electron chi connectivity index (χ2n) is 3.63. The molecular formula is C10H15FN2. The topological polar surface area (TPSA) is 17.0 Å². The van der Waals surface area contributed by atoms with Crippen LogP contribution in [0, 0.1) is 6.92 Å². The van der Waals surface area contributed by atoms with Crippen molar-refractivity contribution in [2.75, 3.05) is 13.1 Å². The molecule has 1 saturated heterocycles. The standard InChI is InChI=1S/C10H15FN2/c1-8-3-2-6-13(8)10-4-5-12-7-9(10)11/h2-3,6,9-10,12H,4-5,7H2,1H3/t9-,10+/m0/s1. The molecule has 1 aliphatic heterocycles. The maximum atomic E-state index is 13.5. The Hall–Kier alpha value is -0.830. The smallest absolute Gasteiger partial charge is 0.133 e. The fourth-order valence-corrected chi connectivity index (χ4v) is 1.97. The number of alkyl halides is 1. The lowest BCUT2D eigenvalue weighted by molar-refractivity contribution is 0.182. The summed E-state index contributed by atoms with van der Waals surface area (Å²) in [4.78, 5) is 0. The number of rotatable bonds is 1. The predicted octanol–water partition coefficient (Wildman–Crippen LogP) is 1.67. The summed E-state index contributed by atoms with van der Waals surface area (Å²) in [5.74, 6) is 0. The molecule has 0 bridgehead atoms. The number of halogens is 1. The summed E-state index contributed by atoms with van der Waals surface area (Å²) in [6, 6.07) is 4.04. The molecule has 2 heterocycles. The van der Waals surface area contributed by atoms with Gasteiger partial charge < -0.3 is 9.88 Å². The first-order valence-electron chi connectivity index (χ1n) is 4.77. The van der Waals surface area contributed by atoms with Gasteiger partial charge in [0, 0.05) is 18.4 Å². The molecule has 13 heavy (non-hydrogen) atoms. The predicted molar refractivity (Wildman–Crippen MR) is 50.6 cm³/mol. The van der Waals surface area contributed by atoms with Crippen molar-refractivity contribution in [3.63, 3.8) is 0 Å². The Bertz CT molecular complexity index is 282. The third-order valence-electron chi connectivity index (χ3n) is 2.72. The van der Waals surface area contributed by atoms with Crippen LogP contribution in [0.4, 0.5) is 4.39 Å². The third kappa shape index (κ3) is 1.61. The SMILES string of the molecule is Cc1cccn1[C@@H]1CCNC[C@@H]1F. The molecule has 0 radical (unpaired) electrons. The monoisotopic (exact) mass is 182 g/mol. The summed E-state index contributed by atoms with van der Waals surface area (Å²) in [5, 5.41) is 3.06. The van der Waals surface area contributed by atoms with Gasteiger partial charge in [-0.25, -0.2) is 4.39 Å². The molecule has 0 aliphatic carbocycles. The molecule has 0 spiro atoms. The van der Waals surface area contributed by atoms with Gasteiger partial charge in [0.2, 0.25) is 0 Å². The maximum Gasteiger partial charge on any atom is 0.133 e. The Kier molecular flexibility index (Phi) is 2.36. The van der Waals surface area contributed by atoms with E-state index in [0.29, 0.717) is 6.54 Å². The highest BCUT2D eigenvalue weighted by Gasteiger charge is 2.25. The van der Waals surface area contributed by atoms with Gasteiger partial charge in [-0.05, 0) is 32.0 Å². The highest BCUT2D eigenvalue weighted by Crippen LogP contribution is 2.23. The van der Waals surface area contributed by atoms with Crippen molar-refractivity contribution >= 4 is 0 Å². The third-order valence-corrected chi connectivity index (χ3v) is 2.72. The summed E-state index contributed by atoms with van der Waals surface area (Å²) in [6.07, 6.45) is 2.11. The molecule has 1 N–H and O–H groups in total. The zero-order valence-electron chi connectivity index (χ0n) is 7.83. The van der Waals surface area contributed by atoms with Crippen LogP contribution in [0.3, 0.4) is 0 Å². The van der Waals surface area contributed by atoms with Gasteiger partial charge >= 0.3 is 0 Å². The average Bonchev–Trinajstić information content (AvgIpc) is 2.52. The highest BCUT2D eigenvalue weighted by atomic mass is 19.1.